The first-order valence-corrected chi connectivity index (χ1v) is 15.8. The number of nitrogens with zero attached hydrogens (tertiary/aromatic N) is 3. The van der Waals surface area contributed by atoms with Gasteiger partial charge in [0.25, 0.3) is 0 Å². The minimum absolute atomic E-state index is 0.675. The van der Waals surface area contributed by atoms with Gasteiger partial charge in [-0.1, -0.05) is 91.0 Å². The molecule has 210 valence electrons. The van der Waals surface area contributed by atoms with Crippen molar-refractivity contribution in [3.8, 4) is 28.3 Å². The molecule has 0 aliphatic carbocycles. The van der Waals surface area contributed by atoms with Crippen LogP contribution in [-0.2, 0) is 0 Å². The third-order valence-corrected chi connectivity index (χ3v) is 10.0. The van der Waals surface area contributed by atoms with E-state index in [2.05, 4.69) is 108 Å². The summed E-state index contributed by atoms with van der Waals surface area (Å²) in [6, 6.07) is 48.9. The maximum Gasteiger partial charge on any atom is 0.180 e. The van der Waals surface area contributed by atoms with Gasteiger partial charge < -0.3 is 8.98 Å². The van der Waals surface area contributed by atoms with E-state index in [1.807, 2.05) is 47.7 Å². The van der Waals surface area contributed by atoms with Gasteiger partial charge in [-0.2, -0.15) is 0 Å². The van der Waals surface area contributed by atoms with Crippen molar-refractivity contribution in [2.45, 2.75) is 0 Å². The van der Waals surface area contributed by atoms with E-state index in [0.717, 1.165) is 39.0 Å². The predicted molar refractivity (Wildman–Crippen MR) is 187 cm³/mol. The van der Waals surface area contributed by atoms with Crippen LogP contribution in [0.4, 0.5) is 0 Å². The number of benzene rings is 6. The molecule has 0 unspecified atom stereocenters. The number of furan rings is 1. The van der Waals surface area contributed by atoms with Crippen LogP contribution in [0.3, 0.4) is 0 Å². The summed E-state index contributed by atoms with van der Waals surface area (Å²) in [5.74, 6) is 0.675. The Bertz CT molecular complexity index is 2750. The van der Waals surface area contributed by atoms with E-state index in [0.29, 0.717) is 11.4 Å². The van der Waals surface area contributed by atoms with Gasteiger partial charge in [0.15, 0.2) is 11.4 Å². The van der Waals surface area contributed by atoms with Gasteiger partial charge in [-0.25, -0.2) is 9.97 Å². The molecule has 0 fully saturated rings. The van der Waals surface area contributed by atoms with Crippen molar-refractivity contribution in [2.75, 3.05) is 0 Å². The predicted octanol–water partition coefficient (Wildman–Crippen LogP) is 11.2. The monoisotopic (exact) mass is 593 g/mol. The highest BCUT2D eigenvalue weighted by Crippen LogP contribution is 2.43. The molecule has 4 aromatic heterocycles. The van der Waals surface area contributed by atoms with E-state index in [1.165, 1.54) is 42.0 Å². The Morgan fingerprint density at radius 1 is 0.533 bits per heavy atom. The summed E-state index contributed by atoms with van der Waals surface area (Å²) in [6.07, 6.45) is 0. The van der Waals surface area contributed by atoms with Crippen molar-refractivity contribution in [1.82, 2.24) is 14.5 Å². The maximum atomic E-state index is 6.31. The molecule has 0 saturated carbocycles. The van der Waals surface area contributed by atoms with Crippen LogP contribution in [0.25, 0.3) is 92.4 Å². The molecule has 10 rings (SSSR count). The van der Waals surface area contributed by atoms with Crippen LogP contribution in [0.5, 0.6) is 0 Å². The number of aromatic nitrogens is 3. The molecule has 0 N–H and O–H groups in total. The molecule has 0 saturated heterocycles. The van der Waals surface area contributed by atoms with Crippen molar-refractivity contribution < 1.29 is 4.42 Å². The van der Waals surface area contributed by atoms with E-state index < -0.39 is 0 Å². The lowest BCUT2D eigenvalue weighted by atomic mass is 10.1. The van der Waals surface area contributed by atoms with Crippen LogP contribution in [-0.4, -0.2) is 14.5 Å². The molecule has 0 spiro atoms. The van der Waals surface area contributed by atoms with Crippen LogP contribution in [0.15, 0.2) is 144 Å². The zero-order chi connectivity index (χ0) is 29.5. The van der Waals surface area contributed by atoms with E-state index >= 15 is 0 Å². The molecule has 0 amide bonds. The first-order valence-electron chi connectivity index (χ1n) is 15.0. The van der Waals surface area contributed by atoms with Gasteiger partial charge in [-0.3, -0.25) is 0 Å². The Balaban J connectivity index is 1.20. The number of rotatable bonds is 3. The number of hydrogen-bond acceptors (Lipinski definition) is 4. The fourth-order valence-electron chi connectivity index (χ4n) is 6.77. The van der Waals surface area contributed by atoms with Gasteiger partial charge in [0, 0.05) is 48.4 Å². The molecule has 0 aliphatic heterocycles. The van der Waals surface area contributed by atoms with Gasteiger partial charge in [0.05, 0.1) is 15.7 Å². The smallest absolute Gasteiger partial charge is 0.180 e. The fraction of sp³-hybridized carbons (Fsp3) is 0. The molecule has 0 atom stereocenters. The zero-order valence-corrected chi connectivity index (χ0v) is 24.8. The largest absolute Gasteiger partial charge is 0.452 e. The number of fused-ring (bicyclic) bond motifs is 10. The van der Waals surface area contributed by atoms with E-state index in [-0.39, 0.29) is 0 Å². The number of para-hydroxylation sites is 2. The molecule has 45 heavy (non-hydrogen) atoms. The highest BCUT2D eigenvalue weighted by molar-refractivity contribution is 7.26. The lowest BCUT2D eigenvalue weighted by Gasteiger charge is -2.10. The Morgan fingerprint density at radius 3 is 2.11 bits per heavy atom. The third kappa shape index (κ3) is 3.59. The van der Waals surface area contributed by atoms with Crippen molar-refractivity contribution in [3.05, 3.63) is 140 Å². The summed E-state index contributed by atoms with van der Waals surface area (Å²) >= 11 is 1.87. The summed E-state index contributed by atoms with van der Waals surface area (Å²) in [5, 5.41) is 6.11. The summed E-state index contributed by atoms with van der Waals surface area (Å²) in [7, 11) is 0. The molecule has 0 radical (unpaired) electrons. The van der Waals surface area contributed by atoms with Gasteiger partial charge in [0.2, 0.25) is 0 Å². The molecule has 5 heteroatoms. The Hall–Kier alpha value is -5.78. The van der Waals surface area contributed by atoms with Crippen molar-refractivity contribution in [1.29, 1.82) is 0 Å². The second-order valence-electron chi connectivity index (χ2n) is 11.4. The van der Waals surface area contributed by atoms with Gasteiger partial charge in [0.1, 0.15) is 16.8 Å². The van der Waals surface area contributed by atoms with Crippen molar-refractivity contribution in [2.24, 2.45) is 0 Å². The SMILES string of the molecule is c1ccc(-c2nc(-c3ccc(-n4c5ccccc5c5ccc6c7ccccc7sc6c54)cc3)nc3c2oc2ccccc23)cc1. The molecule has 0 aliphatic rings. The average molecular weight is 594 g/mol. The molecule has 10 aromatic rings. The third-order valence-electron chi connectivity index (χ3n) is 8.83. The van der Waals surface area contributed by atoms with Crippen LogP contribution in [0, 0.1) is 0 Å². The molecular formula is C40H23N3OS. The van der Waals surface area contributed by atoms with Crippen LogP contribution in [0.2, 0.25) is 0 Å². The van der Waals surface area contributed by atoms with Gasteiger partial charge >= 0.3 is 0 Å². The molecular weight excluding hydrogens is 571 g/mol. The second-order valence-corrected chi connectivity index (χ2v) is 12.4. The van der Waals surface area contributed by atoms with Gasteiger partial charge in [-0.15, -0.1) is 11.3 Å². The van der Waals surface area contributed by atoms with E-state index in [4.69, 9.17) is 14.4 Å². The number of hydrogen-bond donors (Lipinski definition) is 0. The molecule has 4 nitrogen and oxygen atoms in total. The van der Waals surface area contributed by atoms with E-state index in [9.17, 15) is 0 Å². The zero-order valence-electron chi connectivity index (χ0n) is 23.9. The van der Waals surface area contributed by atoms with Crippen molar-refractivity contribution in [3.63, 3.8) is 0 Å². The Kier molecular flexibility index (Phi) is 5.12. The van der Waals surface area contributed by atoms with Gasteiger partial charge in [-0.05, 0) is 48.5 Å². The molecule has 4 heterocycles. The normalized spacial score (nSPS) is 12.0. The highest BCUT2D eigenvalue weighted by Gasteiger charge is 2.20. The minimum Gasteiger partial charge on any atom is -0.452 e. The Labute approximate surface area is 261 Å². The first kappa shape index (κ1) is 24.6. The molecule has 0 bridgehead atoms. The second kappa shape index (κ2) is 9.36. The van der Waals surface area contributed by atoms with Crippen molar-refractivity contribution >= 4 is 75.4 Å². The first-order chi connectivity index (χ1) is 22.3. The minimum atomic E-state index is 0.675. The Morgan fingerprint density at radius 2 is 1.24 bits per heavy atom. The quantitative estimate of drug-likeness (QED) is 0.205. The lowest BCUT2D eigenvalue weighted by molar-refractivity contribution is 0.667. The van der Waals surface area contributed by atoms with Crippen LogP contribution >= 0.6 is 11.3 Å². The number of thiophene rings is 1. The fourth-order valence-corrected chi connectivity index (χ4v) is 8.01. The summed E-state index contributed by atoms with van der Waals surface area (Å²) in [6.45, 7) is 0. The molecule has 6 aromatic carbocycles. The standard InChI is InChI=1S/C40H23N3OS/c1-2-10-24(11-3-1)35-38-36(31-14-5-8-16-33(31)44-38)42-40(41-35)25-18-20-26(21-19-25)43-32-15-7-4-12-27(32)29-22-23-30-28-13-6-9-17-34(28)45-39(30)37(29)43/h1-23H. The highest BCUT2D eigenvalue weighted by atomic mass is 32.1. The van der Waals surface area contributed by atoms with Crippen LogP contribution in [0.1, 0.15) is 0 Å². The lowest BCUT2D eigenvalue weighted by Crippen LogP contribution is -1.96. The average Bonchev–Trinajstić information content (AvgIpc) is 3.78. The summed E-state index contributed by atoms with van der Waals surface area (Å²) in [4.78, 5) is 10.2. The topological polar surface area (TPSA) is 43.9 Å². The summed E-state index contributed by atoms with van der Waals surface area (Å²) in [5.41, 5.74) is 8.64. The van der Waals surface area contributed by atoms with Crippen LogP contribution < -0.4 is 0 Å². The maximum absolute atomic E-state index is 6.31. The summed E-state index contributed by atoms with van der Waals surface area (Å²) < 4.78 is 11.3. The van der Waals surface area contributed by atoms with E-state index in [1.54, 1.807) is 0 Å².